The van der Waals surface area contributed by atoms with E-state index < -0.39 is 39.9 Å². The van der Waals surface area contributed by atoms with Crippen LogP contribution < -0.4 is 4.74 Å². The predicted octanol–water partition coefficient (Wildman–Crippen LogP) is 6.95. The Morgan fingerprint density at radius 1 is 0.789 bits per heavy atom. The van der Waals surface area contributed by atoms with Gasteiger partial charge in [-0.15, -0.1) is 0 Å². The molecule has 0 aliphatic rings. The van der Waals surface area contributed by atoms with Gasteiger partial charge in [0.2, 0.25) is 0 Å². The third-order valence-corrected chi connectivity index (χ3v) is 7.40. The Labute approximate surface area is 222 Å². The minimum atomic E-state index is -1.16. The van der Waals surface area contributed by atoms with Gasteiger partial charge in [0.05, 0.1) is 16.5 Å². The number of hydrogen-bond acceptors (Lipinski definition) is 3. The van der Waals surface area contributed by atoms with Crippen molar-refractivity contribution in [3.8, 4) is 17.6 Å². The van der Waals surface area contributed by atoms with Crippen LogP contribution in [0.2, 0.25) is 0 Å². The van der Waals surface area contributed by atoms with Crippen molar-refractivity contribution in [2.24, 2.45) is 0 Å². The molecule has 0 aromatic heterocycles. The second kappa shape index (κ2) is 11.9. The third-order valence-electron chi connectivity index (χ3n) is 5.21. The van der Waals surface area contributed by atoms with Gasteiger partial charge in [-0.2, -0.15) is 0 Å². The van der Waals surface area contributed by atoms with Crippen molar-refractivity contribution in [3.63, 3.8) is 0 Å². The van der Waals surface area contributed by atoms with Crippen LogP contribution in [-0.4, -0.2) is 18.2 Å². The molecule has 4 rings (SSSR count). The third kappa shape index (κ3) is 7.21. The van der Waals surface area contributed by atoms with Gasteiger partial charge in [0.15, 0.2) is 26.9 Å². The van der Waals surface area contributed by atoms with Crippen molar-refractivity contribution in [1.82, 2.24) is 0 Å². The van der Waals surface area contributed by atoms with Crippen LogP contribution in [-0.2, 0) is 20.4 Å². The normalized spacial score (nSPS) is 11.7. The number of carbonyl (C=O) groups is 1. The lowest BCUT2D eigenvalue weighted by molar-refractivity contribution is -0.154. The number of benzene rings is 4. The van der Waals surface area contributed by atoms with Crippen LogP contribution in [0.4, 0.5) is 13.2 Å². The van der Waals surface area contributed by atoms with E-state index in [1.54, 1.807) is 56.3 Å². The van der Waals surface area contributed by atoms with Crippen molar-refractivity contribution >= 4 is 16.9 Å². The molecule has 0 amide bonds. The van der Waals surface area contributed by atoms with Gasteiger partial charge in [-0.1, -0.05) is 42.2 Å². The molecule has 0 spiro atoms. The molecule has 0 N–H and O–H groups in total. The molecule has 0 fully saturated rings. The van der Waals surface area contributed by atoms with Crippen LogP contribution in [0.5, 0.6) is 5.75 Å². The van der Waals surface area contributed by atoms with Gasteiger partial charge >= 0.3 is 5.97 Å². The fourth-order valence-electron chi connectivity index (χ4n) is 3.55. The summed E-state index contributed by atoms with van der Waals surface area (Å²) >= 11 is 0. The van der Waals surface area contributed by atoms with E-state index in [-0.39, 0.29) is 12.2 Å². The molecule has 7 heteroatoms. The number of halogens is 3. The quantitative estimate of drug-likeness (QED) is 0.147. The lowest BCUT2D eigenvalue weighted by Crippen LogP contribution is -2.29. The zero-order chi connectivity index (χ0) is 27.1. The van der Waals surface area contributed by atoms with Gasteiger partial charge in [0.25, 0.3) is 0 Å². The monoisotopic (exact) mass is 533 g/mol. The minimum absolute atomic E-state index is 0.212. The molecule has 192 valence electrons. The van der Waals surface area contributed by atoms with Crippen molar-refractivity contribution in [2.45, 2.75) is 34.1 Å². The summed E-state index contributed by atoms with van der Waals surface area (Å²) in [6.45, 7) is 2.85. The summed E-state index contributed by atoms with van der Waals surface area (Å²) in [5, 5.41) is 0. The predicted molar refractivity (Wildman–Crippen MR) is 140 cm³/mol. The fraction of sp³-hybridized carbons (Fsp3) is 0.129. The Morgan fingerprint density at radius 2 is 1.39 bits per heavy atom. The maximum absolute atomic E-state index is 14.0. The van der Waals surface area contributed by atoms with E-state index in [9.17, 15) is 18.0 Å². The van der Waals surface area contributed by atoms with Crippen molar-refractivity contribution in [3.05, 3.63) is 120 Å². The molecule has 0 aliphatic carbocycles. The summed E-state index contributed by atoms with van der Waals surface area (Å²) in [5.74, 6) is 3.50. The molecule has 1 unspecified atom stereocenters. The molecule has 4 aromatic rings. The molecular formula is C31H24F3O3S+. The van der Waals surface area contributed by atoms with Crippen LogP contribution >= 0.6 is 0 Å². The summed E-state index contributed by atoms with van der Waals surface area (Å²) < 4.78 is 52.8. The van der Waals surface area contributed by atoms with Crippen LogP contribution in [0, 0.1) is 29.3 Å². The first kappa shape index (κ1) is 26.9. The molecule has 1 atom stereocenters. The number of hydrogen-bond donors (Lipinski definition) is 0. The highest BCUT2D eigenvalue weighted by atomic mass is 32.2. The van der Waals surface area contributed by atoms with E-state index in [0.717, 1.165) is 15.9 Å². The highest BCUT2D eigenvalue weighted by molar-refractivity contribution is 7.97. The Morgan fingerprint density at radius 3 is 2.05 bits per heavy atom. The number of rotatable bonds is 7. The average molecular weight is 534 g/mol. The van der Waals surface area contributed by atoms with Crippen molar-refractivity contribution in [2.75, 3.05) is 6.61 Å². The van der Waals surface area contributed by atoms with E-state index in [1.807, 2.05) is 30.3 Å². The fourth-order valence-corrected chi connectivity index (χ4v) is 5.66. The Hall–Kier alpha value is -4.15. The summed E-state index contributed by atoms with van der Waals surface area (Å²) in [7, 11) is -0.759. The zero-order valence-corrected chi connectivity index (χ0v) is 21.5. The topological polar surface area (TPSA) is 35.5 Å². The molecule has 4 aromatic carbocycles. The highest BCUT2D eigenvalue weighted by Crippen LogP contribution is 2.33. The first-order valence-electron chi connectivity index (χ1n) is 11.7. The summed E-state index contributed by atoms with van der Waals surface area (Å²) in [4.78, 5) is 14.6. The smallest absolute Gasteiger partial charge is 0.345 e. The van der Waals surface area contributed by atoms with E-state index >= 15 is 0 Å². The summed E-state index contributed by atoms with van der Waals surface area (Å²) in [5.41, 5.74) is -0.944. The second-order valence-electron chi connectivity index (χ2n) is 8.70. The lowest BCUT2D eigenvalue weighted by atomic mass is 10.1. The molecular weight excluding hydrogens is 509 g/mol. The van der Waals surface area contributed by atoms with Gasteiger partial charge in [-0.3, -0.25) is 0 Å². The Bertz CT molecular complexity index is 1460. The number of carbonyl (C=O) groups excluding carboxylic acids is 1. The molecule has 0 bridgehead atoms. The molecule has 0 radical (unpaired) electrons. The first-order valence-corrected chi connectivity index (χ1v) is 12.9. The van der Waals surface area contributed by atoms with Crippen LogP contribution in [0.1, 0.15) is 19.4 Å². The zero-order valence-electron chi connectivity index (χ0n) is 20.7. The van der Waals surface area contributed by atoms with Gasteiger partial charge in [-0.25, -0.2) is 18.0 Å². The van der Waals surface area contributed by atoms with Gasteiger partial charge in [0, 0.05) is 18.2 Å². The second-order valence-corrected chi connectivity index (χ2v) is 10.7. The summed E-state index contributed by atoms with van der Waals surface area (Å²) in [6, 6.07) is 26.0. The van der Waals surface area contributed by atoms with E-state index in [0.29, 0.717) is 10.6 Å². The lowest BCUT2D eigenvalue weighted by Gasteiger charge is -2.19. The molecule has 3 nitrogen and oxygen atoms in total. The maximum Gasteiger partial charge on any atom is 0.345 e. The SMILES string of the molecule is CC(C)(C#Cc1ccccc1F)OC(=O)COc1ccc([S+](c2ccccc2)c2cc(F)cc(F)c2)cc1. The molecule has 38 heavy (non-hydrogen) atoms. The Kier molecular flexibility index (Phi) is 8.45. The van der Waals surface area contributed by atoms with Crippen LogP contribution in [0.15, 0.2) is 112 Å². The van der Waals surface area contributed by atoms with E-state index in [4.69, 9.17) is 9.47 Å². The van der Waals surface area contributed by atoms with Gasteiger partial charge < -0.3 is 9.47 Å². The molecule has 0 heterocycles. The van der Waals surface area contributed by atoms with Gasteiger partial charge in [0.1, 0.15) is 23.2 Å². The number of ether oxygens (including phenoxy) is 2. The highest BCUT2D eigenvalue weighted by Gasteiger charge is 2.30. The standard InChI is InChI=1S/C31H24F3O3S/c1-31(2,17-16-22-8-6-7-11-29(22)34)37-30(35)21-36-25-12-14-27(15-13-25)38(26-9-4-3-5-10-26)28-19-23(32)18-24(33)20-28/h3-15,18-20H,21H2,1-2H3/q+1. The van der Waals surface area contributed by atoms with E-state index in [2.05, 4.69) is 11.8 Å². The molecule has 0 saturated heterocycles. The number of esters is 1. The van der Waals surface area contributed by atoms with Gasteiger partial charge in [-0.05, 0) is 62.4 Å². The minimum Gasteiger partial charge on any atom is -0.482 e. The largest absolute Gasteiger partial charge is 0.482 e. The van der Waals surface area contributed by atoms with Crippen LogP contribution in [0.25, 0.3) is 0 Å². The maximum atomic E-state index is 14.0. The van der Waals surface area contributed by atoms with E-state index in [1.165, 1.54) is 18.2 Å². The van der Waals surface area contributed by atoms with Crippen molar-refractivity contribution < 1.29 is 27.4 Å². The Balaban J connectivity index is 1.44. The summed E-state index contributed by atoms with van der Waals surface area (Å²) in [6.07, 6.45) is 0. The van der Waals surface area contributed by atoms with Crippen LogP contribution in [0.3, 0.4) is 0 Å². The first-order chi connectivity index (χ1) is 18.2. The average Bonchev–Trinajstić information content (AvgIpc) is 2.88. The molecule has 0 saturated carbocycles. The molecule has 0 aliphatic heterocycles. The van der Waals surface area contributed by atoms with Crippen molar-refractivity contribution in [1.29, 1.82) is 0 Å².